The minimum absolute atomic E-state index is 0.0591. The number of aromatic nitrogens is 3. The van der Waals surface area contributed by atoms with Crippen molar-refractivity contribution in [1.82, 2.24) is 15.2 Å². The summed E-state index contributed by atoms with van der Waals surface area (Å²) < 4.78 is 39.8. The molecule has 3 rings (SSSR count). The highest BCUT2D eigenvalue weighted by atomic mass is 32.2. The molecule has 0 aliphatic heterocycles. The summed E-state index contributed by atoms with van der Waals surface area (Å²) >= 11 is 4.62. The lowest BCUT2D eigenvalue weighted by Crippen LogP contribution is -2.04. The van der Waals surface area contributed by atoms with Gasteiger partial charge in [-0.2, -0.15) is 13.2 Å². The molecule has 1 aromatic carbocycles. The number of hydrogen-bond donors (Lipinski definition) is 0. The molecule has 0 aliphatic carbocycles. The van der Waals surface area contributed by atoms with Gasteiger partial charge in [-0.3, -0.25) is 10.1 Å². The molecule has 2 heterocycles. The van der Waals surface area contributed by atoms with Crippen molar-refractivity contribution in [3.05, 3.63) is 51.7 Å². The van der Waals surface area contributed by atoms with Crippen molar-refractivity contribution in [2.45, 2.75) is 24.9 Å². The van der Waals surface area contributed by atoms with Crippen LogP contribution in [0.1, 0.15) is 11.1 Å². The lowest BCUT2D eigenvalue weighted by molar-refractivity contribution is -0.380. The van der Waals surface area contributed by atoms with E-state index in [2.05, 4.69) is 15.2 Å². The van der Waals surface area contributed by atoms with Gasteiger partial charge in [0.25, 0.3) is 0 Å². The summed E-state index contributed by atoms with van der Waals surface area (Å²) in [5.41, 5.74) is -0.153. The van der Waals surface area contributed by atoms with Gasteiger partial charge in [-0.25, -0.2) is 4.98 Å². The van der Waals surface area contributed by atoms with E-state index in [0.717, 1.165) is 35.2 Å². The van der Waals surface area contributed by atoms with E-state index in [0.29, 0.717) is 24.3 Å². The van der Waals surface area contributed by atoms with E-state index in [4.69, 9.17) is 0 Å². The number of thioether (sulfide) groups is 1. The predicted molar refractivity (Wildman–Crippen MR) is 93.8 cm³/mol. The van der Waals surface area contributed by atoms with E-state index < -0.39 is 16.7 Å². The van der Waals surface area contributed by atoms with Crippen LogP contribution in [0.15, 0.2) is 43.5 Å². The van der Waals surface area contributed by atoms with Crippen molar-refractivity contribution < 1.29 is 18.1 Å². The lowest BCUT2D eigenvalue weighted by atomic mass is 10.1. The summed E-state index contributed by atoms with van der Waals surface area (Å²) in [4.78, 5) is 14.1. The smallest absolute Gasteiger partial charge is 0.257 e. The lowest BCUT2D eigenvalue weighted by Gasteiger charge is -2.07. The van der Waals surface area contributed by atoms with Crippen molar-refractivity contribution in [2.75, 3.05) is 0 Å². The van der Waals surface area contributed by atoms with E-state index in [9.17, 15) is 23.3 Å². The molecule has 0 amide bonds. The first-order chi connectivity index (χ1) is 12.3. The van der Waals surface area contributed by atoms with Crippen LogP contribution in [-0.4, -0.2) is 20.1 Å². The maximum absolute atomic E-state index is 12.7. The maximum atomic E-state index is 12.7. The van der Waals surface area contributed by atoms with Crippen LogP contribution in [0.5, 0.6) is 0 Å². The van der Waals surface area contributed by atoms with Crippen LogP contribution in [0.25, 0.3) is 0 Å². The zero-order valence-corrected chi connectivity index (χ0v) is 15.7. The summed E-state index contributed by atoms with van der Waals surface area (Å²) in [6, 6.07) is 5.13. The average Bonchev–Trinajstić information content (AvgIpc) is 3.22. The van der Waals surface area contributed by atoms with Gasteiger partial charge in [-0.15, -0.1) is 10.2 Å². The minimum atomic E-state index is -4.37. The second-order valence-electron chi connectivity index (χ2n) is 4.64. The van der Waals surface area contributed by atoms with Crippen LogP contribution in [0.3, 0.4) is 0 Å². The third kappa shape index (κ3) is 4.93. The summed E-state index contributed by atoms with van der Waals surface area (Å²) in [5, 5.41) is 18.5. The van der Waals surface area contributed by atoms with Gasteiger partial charge in [0.05, 0.1) is 10.5 Å². The van der Waals surface area contributed by atoms with Gasteiger partial charge < -0.3 is 0 Å². The molecule has 2 aromatic heterocycles. The van der Waals surface area contributed by atoms with Gasteiger partial charge in [0.15, 0.2) is 13.0 Å². The molecule has 0 bridgehead atoms. The van der Waals surface area contributed by atoms with Crippen molar-refractivity contribution in [3.63, 3.8) is 0 Å². The van der Waals surface area contributed by atoms with E-state index in [1.165, 1.54) is 35.4 Å². The van der Waals surface area contributed by atoms with Crippen LogP contribution in [0.2, 0.25) is 0 Å². The molecule has 0 spiro atoms. The average molecular weight is 436 g/mol. The Morgan fingerprint density at radius 1 is 1.15 bits per heavy atom. The fourth-order valence-corrected chi connectivity index (χ4v) is 5.68. The fourth-order valence-electron chi connectivity index (χ4n) is 1.74. The Balaban J connectivity index is 1.61. The number of alkyl halides is 3. The number of rotatable bonds is 6. The van der Waals surface area contributed by atoms with Crippen molar-refractivity contribution in [3.8, 4) is 0 Å². The van der Waals surface area contributed by atoms with Crippen molar-refractivity contribution >= 4 is 51.2 Å². The number of hydrogen-bond acceptors (Lipinski definition) is 9. The van der Waals surface area contributed by atoms with Gasteiger partial charge >= 0.3 is 11.2 Å². The molecular formula is C13H7F3N4O2S4. The number of benzene rings is 1. The fraction of sp³-hybridized carbons (Fsp3) is 0.154. The van der Waals surface area contributed by atoms with Gasteiger partial charge in [0.1, 0.15) is 6.20 Å². The molecule has 0 saturated carbocycles. The molecule has 6 nitrogen and oxygen atoms in total. The van der Waals surface area contributed by atoms with Gasteiger partial charge in [0, 0.05) is 5.75 Å². The van der Waals surface area contributed by atoms with Crippen LogP contribution in [-0.2, 0) is 11.9 Å². The van der Waals surface area contributed by atoms with Gasteiger partial charge in [-0.1, -0.05) is 41.3 Å². The predicted octanol–water partition coefficient (Wildman–Crippen LogP) is 5.37. The number of nitrogens with zero attached hydrogens (tertiary/aromatic N) is 4. The van der Waals surface area contributed by atoms with Crippen LogP contribution in [0.4, 0.5) is 18.2 Å². The number of nitro groups is 1. The SMILES string of the molecule is O=[N+]([O-])c1cnc(Sc2nnc(SCc3cccc(C(F)(F)F)c3)s2)s1. The quantitative estimate of drug-likeness (QED) is 0.292. The second-order valence-corrected chi connectivity index (χ2v) is 9.35. The Morgan fingerprint density at radius 2 is 1.92 bits per heavy atom. The Hall–Kier alpha value is -1.70. The maximum Gasteiger partial charge on any atom is 0.416 e. The highest BCUT2D eigenvalue weighted by Crippen LogP contribution is 2.38. The van der Waals surface area contributed by atoms with E-state index >= 15 is 0 Å². The highest BCUT2D eigenvalue weighted by Gasteiger charge is 2.30. The second kappa shape index (κ2) is 7.90. The molecule has 26 heavy (non-hydrogen) atoms. The van der Waals surface area contributed by atoms with Crippen molar-refractivity contribution in [2.24, 2.45) is 0 Å². The van der Waals surface area contributed by atoms with Crippen LogP contribution < -0.4 is 0 Å². The molecule has 136 valence electrons. The first-order valence-corrected chi connectivity index (χ1v) is 10.2. The highest BCUT2D eigenvalue weighted by molar-refractivity contribution is 8.04. The van der Waals surface area contributed by atoms with E-state index in [1.54, 1.807) is 6.07 Å². The minimum Gasteiger partial charge on any atom is -0.257 e. The Kier molecular flexibility index (Phi) is 5.79. The normalized spacial score (nSPS) is 11.7. The number of halogens is 3. The molecule has 0 aliphatic rings. The molecular weight excluding hydrogens is 429 g/mol. The van der Waals surface area contributed by atoms with Gasteiger partial charge in [0.2, 0.25) is 0 Å². The summed E-state index contributed by atoms with van der Waals surface area (Å²) in [6.45, 7) is 0. The Labute approximate surface area is 161 Å². The first-order valence-electron chi connectivity index (χ1n) is 6.72. The zero-order valence-electron chi connectivity index (χ0n) is 12.5. The van der Waals surface area contributed by atoms with Crippen LogP contribution in [0, 0.1) is 10.1 Å². The third-order valence-corrected chi connectivity index (χ3v) is 7.03. The molecule has 0 saturated heterocycles. The topological polar surface area (TPSA) is 81.8 Å². The third-order valence-electron chi connectivity index (χ3n) is 2.83. The molecule has 0 atom stereocenters. The first kappa shape index (κ1) is 19.1. The molecule has 3 aromatic rings. The molecule has 0 unspecified atom stereocenters. The Morgan fingerprint density at radius 3 is 2.62 bits per heavy atom. The molecule has 0 radical (unpaired) electrons. The summed E-state index contributed by atoms with van der Waals surface area (Å²) in [7, 11) is 0. The molecule has 13 heteroatoms. The largest absolute Gasteiger partial charge is 0.416 e. The Bertz CT molecular complexity index is 928. The number of thiazole rings is 1. The van der Waals surface area contributed by atoms with E-state index in [-0.39, 0.29) is 5.00 Å². The monoisotopic (exact) mass is 436 g/mol. The van der Waals surface area contributed by atoms with Gasteiger partial charge in [-0.05, 0) is 34.7 Å². The zero-order chi connectivity index (χ0) is 18.7. The molecule has 0 fully saturated rings. The standard InChI is InChI=1S/C13H7F3N4O2S4/c14-13(15,16)8-3-1-2-7(4-8)6-23-11-18-19-12(26-11)25-10-17-5-9(24-10)20(21)22/h1-5H,6H2. The van der Waals surface area contributed by atoms with Crippen LogP contribution >= 0.6 is 46.2 Å². The summed E-state index contributed by atoms with van der Waals surface area (Å²) in [6.07, 6.45) is -3.19. The summed E-state index contributed by atoms with van der Waals surface area (Å²) in [5.74, 6) is 0.325. The van der Waals surface area contributed by atoms with Crippen molar-refractivity contribution in [1.29, 1.82) is 0 Å². The van der Waals surface area contributed by atoms with E-state index in [1.807, 2.05) is 0 Å². The molecule has 0 N–H and O–H groups in total.